The van der Waals surface area contributed by atoms with Crippen LogP contribution in [0.25, 0.3) is 0 Å². The van der Waals surface area contributed by atoms with Gasteiger partial charge in [0, 0.05) is 4.88 Å². The molecule has 3 nitrogen and oxygen atoms in total. The normalized spacial score (nSPS) is 11.6. The summed E-state index contributed by atoms with van der Waals surface area (Å²) in [6.07, 6.45) is 0.875. The van der Waals surface area contributed by atoms with Gasteiger partial charge in [-0.3, -0.25) is 0 Å². The minimum Gasteiger partial charge on any atom is -0.362 e. The number of hydrogen-bond donors (Lipinski definition) is 1. The van der Waals surface area contributed by atoms with E-state index in [1.54, 1.807) is 17.4 Å². The lowest BCUT2D eigenvalue weighted by atomic mass is 10.0. The van der Waals surface area contributed by atoms with Crippen LogP contribution in [0.15, 0.2) is 66.0 Å². The minimum absolute atomic E-state index is 0.142. The van der Waals surface area contributed by atoms with E-state index < -0.39 is 0 Å². The van der Waals surface area contributed by atoms with Crippen LogP contribution in [0.5, 0.6) is 0 Å². The zero-order valence-electron chi connectivity index (χ0n) is 11.9. The van der Waals surface area contributed by atoms with Gasteiger partial charge in [-0.15, -0.1) is 11.3 Å². The van der Waals surface area contributed by atoms with E-state index in [9.17, 15) is 0 Å². The first-order valence-electron chi connectivity index (χ1n) is 7.06. The Labute approximate surface area is 133 Å². The summed E-state index contributed by atoms with van der Waals surface area (Å²) in [6.45, 7) is 0. The molecule has 0 aliphatic carbocycles. The third-order valence-electron chi connectivity index (χ3n) is 3.36. The molecule has 0 saturated heterocycles. The van der Waals surface area contributed by atoms with Crippen molar-refractivity contribution in [1.29, 1.82) is 5.26 Å². The van der Waals surface area contributed by atoms with Crippen molar-refractivity contribution in [3.63, 3.8) is 0 Å². The van der Waals surface area contributed by atoms with Crippen molar-refractivity contribution in [3.8, 4) is 6.07 Å². The predicted molar refractivity (Wildman–Crippen MR) is 89.8 cm³/mol. The average molecular weight is 305 g/mol. The van der Waals surface area contributed by atoms with Crippen molar-refractivity contribution in [1.82, 2.24) is 4.98 Å². The fraction of sp³-hybridized carbons (Fsp3) is 0.111. The average Bonchev–Trinajstić information content (AvgIpc) is 3.10. The van der Waals surface area contributed by atoms with Gasteiger partial charge in [0.15, 0.2) is 0 Å². The maximum absolute atomic E-state index is 8.98. The molecule has 4 heteroatoms. The molecule has 0 aliphatic rings. The summed E-state index contributed by atoms with van der Waals surface area (Å²) in [5, 5.41) is 14.5. The number of aromatic nitrogens is 1. The van der Waals surface area contributed by atoms with Gasteiger partial charge in [-0.2, -0.15) is 5.26 Å². The molecule has 2 aromatic heterocycles. The maximum Gasteiger partial charge on any atom is 0.142 e. The molecular formula is C18H15N3S. The number of benzene rings is 1. The summed E-state index contributed by atoms with van der Waals surface area (Å²) in [5.74, 6) is 0.730. The number of nitrogens with zero attached hydrogens (tertiary/aromatic N) is 2. The summed E-state index contributed by atoms with van der Waals surface area (Å²) in [6, 6.07) is 22.2. The molecule has 1 unspecified atom stereocenters. The second-order valence-electron chi connectivity index (χ2n) is 4.92. The Kier molecular flexibility index (Phi) is 4.47. The molecule has 1 N–H and O–H groups in total. The van der Waals surface area contributed by atoms with Crippen molar-refractivity contribution < 1.29 is 0 Å². The number of nitriles is 1. The molecule has 108 valence electrons. The summed E-state index contributed by atoms with van der Waals surface area (Å²) < 4.78 is 0. The van der Waals surface area contributed by atoms with Crippen molar-refractivity contribution in [2.24, 2.45) is 0 Å². The van der Waals surface area contributed by atoms with Gasteiger partial charge in [0.05, 0.1) is 6.04 Å². The predicted octanol–water partition coefficient (Wildman–Crippen LogP) is 4.41. The highest BCUT2D eigenvalue weighted by Gasteiger charge is 2.14. The summed E-state index contributed by atoms with van der Waals surface area (Å²) in [7, 11) is 0. The fourth-order valence-electron chi connectivity index (χ4n) is 2.32. The van der Waals surface area contributed by atoms with Crippen molar-refractivity contribution in [2.75, 3.05) is 5.32 Å². The first-order chi connectivity index (χ1) is 10.8. The van der Waals surface area contributed by atoms with Crippen LogP contribution in [0.4, 0.5) is 5.82 Å². The molecule has 1 atom stereocenters. The third-order valence-corrected chi connectivity index (χ3v) is 4.34. The van der Waals surface area contributed by atoms with Gasteiger partial charge in [-0.25, -0.2) is 4.98 Å². The van der Waals surface area contributed by atoms with E-state index in [0.29, 0.717) is 5.69 Å². The minimum atomic E-state index is 0.142. The van der Waals surface area contributed by atoms with Gasteiger partial charge in [-0.05, 0) is 35.6 Å². The summed E-state index contributed by atoms with van der Waals surface area (Å²) >= 11 is 1.72. The van der Waals surface area contributed by atoms with E-state index in [1.807, 2.05) is 18.2 Å². The monoisotopic (exact) mass is 305 g/mol. The molecule has 22 heavy (non-hydrogen) atoms. The molecule has 0 spiro atoms. The number of thiophene rings is 1. The smallest absolute Gasteiger partial charge is 0.142 e. The number of hydrogen-bond acceptors (Lipinski definition) is 4. The zero-order valence-corrected chi connectivity index (χ0v) is 12.8. The third kappa shape index (κ3) is 3.51. The molecule has 0 saturated carbocycles. The Morgan fingerprint density at radius 3 is 2.64 bits per heavy atom. The van der Waals surface area contributed by atoms with E-state index in [-0.39, 0.29) is 6.04 Å². The topological polar surface area (TPSA) is 48.7 Å². The van der Waals surface area contributed by atoms with Crippen molar-refractivity contribution in [2.45, 2.75) is 12.5 Å². The molecule has 3 aromatic rings. The highest BCUT2D eigenvalue weighted by Crippen LogP contribution is 2.26. The molecule has 1 aromatic carbocycles. The van der Waals surface area contributed by atoms with Crippen LogP contribution in [0, 0.1) is 11.3 Å². The molecule has 2 heterocycles. The van der Waals surface area contributed by atoms with E-state index in [4.69, 9.17) is 5.26 Å². The Balaban J connectivity index is 1.84. The molecule has 0 fully saturated rings. The highest BCUT2D eigenvalue weighted by molar-refractivity contribution is 7.10. The van der Waals surface area contributed by atoms with Crippen LogP contribution in [0.3, 0.4) is 0 Å². The van der Waals surface area contributed by atoms with Gasteiger partial charge in [0.25, 0.3) is 0 Å². The summed E-state index contributed by atoms with van der Waals surface area (Å²) in [4.78, 5) is 5.57. The lowest BCUT2D eigenvalue weighted by Gasteiger charge is -2.18. The maximum atomic E-state index is 8.98. The van der Waals surface area contributed by atoms with E-state index in [0.717, 1.165) is 12.2 Å². The van der Waals surface area contributed by atoms with Gasteiger partial charge < -0.3 is 5.32 Å². The van der Waals surface area contributed by atoms with Gasteiger partial charge >= 0.3 is 0 Å². The standard InChI is InChI=1S/C18H15N3S/c19-13-15-8-4-10-18(20-15)21-16(17-9-5-11-22-17)12-14-6-2-1-3-7-14/h1-11,16H,12H2,(H,20,21). The second kappa shape index (κ2) is 6.88. The zero-order chi connectivity index (χ0) is 15.2. The Morgan fingerprint density at radius 2 is 1.91 bits per heavy atom. The van der Waals surface area contributed by atoms with E-state index in [1.165, 1.54) is 10.4 Å². The van der Waals surface area contributed by atoms with Crippen LogP contribution >= 0.6 is 11.3 Å². The largest absolute Gasteiger partial charge is 0.362 e. The van der Waals surface area contributed by atoms with Crippen molar-refractivity contribution in [3.05, 3.63) is 82.2 Å². The lowest BCUT2D eigenvalue weighted by Crippen LogP contribution is -2.13. The molecule has 0 bridgehead atoms. The molecule has 0 amide bonds. The molecule has 0 aliphatic heterocycles. The van der Waals surface area contributed by atoms with Crippen LogP contribution in [-0.2, 0) is 6.42 Å². The van der Waals surface area contributed by atoms with Crippen LogP contribution < -0.4 is 5.32 Å². The van der Waals surface area contributed by atoms with Crippen molar-refractivity contribution >= 4 is 17.2 Å². The molecule has 3 rings (SSSR count). The molecule has 0 radical (unpaired) electrons. The van der Waals surface area contributed by atoms with Crippen LogP contribution in [-0.4, -0.2) is 4.98 Å². The molecular weight excluding hydrogens is 290 g/mol. The summed E-state index contributed by atoms with van der Waals surface area (Å²) in [5.41, 5.74) is 1.69. The Bertz CT molecular complexity index is 761. The van der Waals surface area contributed by atoms with E-state index >= 15 is 0 Å². The first kappa shape index (κ1) is 14.3. The Hall–Kier alpha value is -2.64. The first-order valence-corrected chi connectivity index (χ1v) is 7.94. The number of rotatable bonds is 5. The Morgan fingerprint density at radius 1 is 1.05 bits per heavy atom. The lowest BCUT2D eigenvalue weighted by molar-refractivity contribution is 0.785. The number of nitrogens with one attached hydrogen (secondary N) is 1. The fourth-order valence-corrected chi connectivity index (χ4v) is 3.10. The van der Waals surface area contributed by atoms with Crippen LogP contribution in [0.2, 0.25) is 0 Å². The quantitative estimate of drug-likeness (QED) is 0.759. The second-order valence-corrected chi connectivity index (χ2v) is 5.90. The highest BCUT2D eigenvalue weighted by atomic mass is 32.1. The van der Waals surface area contributed by atoms with Crippen LogP contribution in [0.1, 0.15) is 22.2 Å². The SMILES string of the molecule is N#Cc1cccc(NC(Cc2ccccc2)c2cccs2)n1. The van der Waals surface area contributed by atoms with Gasteiger partial charge in [-0.1, -0.05) is 42.5 Å². The van der Waals surface area contributed by atoms with Gasteiger partial charge in [0.1, 0.15) is 17.6 Å². The van der Waals surface area contributed by atoms with Gasteiger partial charge in [0.2, 0.25) is 0 Å². The number of anilines is 1. The van der Waals surface area contributed by atoms with E-state index in [2.05, 4.69) is 58.1 Å². The number of pyridine rings is 1.